The molecule has 220 valence electrons. The number of thiocarbonyl (C=S) groups is 1. The zero-order valence-electron chi connectivity index (χ0n) is 24.7. The van der Waals surface area contributed by atoms with Crippen LogP contribution >= 0.6 is 12.2 Å². The molecule has 40 heavy (non-hydrogen) atoms. The number of carbonyl (C=O) groups excluding carboxylic acids is 1. The van der Waals surface area contributed by atoms with Crippen molar-refractivity contribution in [3.8, 4) is 5.75 Å². The van der Waals surface area contributed by atoms with Crippen molar-refractivity contribution in [1.82, 2.24) is 30.5 Å². The maximum Gasteiger partial charge on any atom is 0.217 e. The third-order valence-electron chi connectivity index (χ3n) is 6.30. The molecule has 0 bridgehead atoms. The van der Waals surface area contributed by atoms with Gasteiger partial charge in [0.25, 0.3) is 0 Å². The van der Waals surface area contributed by atoms with Crippen LogP contribution in [0.3, 0.4) is 0 Å². The van der Waals surface area contributed by atoms with Crippen LogP contribution in [0.4, 0.5) is 5.82 Å². The molecule has 0 atom stereocenters. The highest BCUT2D eigenvalue weighted by molar-refractivity contribution is 7.80. The van der Waals surface area contributed by atoms with Gasteiger partial charge in [0, 0.05) is 44.1 Å². The van der Waals surface area contributed by atoms with Crippen molar-refractivity contribution >= 4 is 51.0 Å². The van der Waals surface area contributed by atoms with E-state index in [0.717, 1.165) is 60.2 Å². The molecule has 2 aromatic heterocycles. The Morgan fingerprint density at radius 3 is 2.62 bits per heavy atom. The Bertz CT molecular complexity index is 1310. The van der Waals surface area contributed by atoms with E-state index in [4.69, 9.17) is 32.4 Å². The normalized spacial score (nSPS) is 11.8. The molecule has 0 radical (unpaired) electrons. The fraction of sp³-hybridized carbons (Fsp3) is 0.586. The minimum atomic E-state index is -0.513. The van der Waals surface area contributed by atoms with Crippen LogP contribution in [0.1, 0.15) is 73.1 Å². The molecule has 5 N–H and O–H groups in total. The maximum absolute atomic E-state index is 11.8. The smallest absolute Gasteiger partial charge is 0.217 e. The van der Waals surface area contributed by atoms with Gasteiger partial charge in [-0.05, 0) is 71.8 Å². The summed E-state index contributed by atoms with van der Waals surface area (Å²) in [6, 6.07) is 6.24. The largest absolute Gasteiger partial charge is 0.494 e. The summed E-state index contributed by atoms with van der Waals surface area (Å²) in [4.78, 5) is 21.3. The van der Waals surface area contributed by atoms with Crippen LogP contribution in [0.2, 0.25) is 0 Å². The lowest BCUT2D eigenvalue weighted by molar-refractivity contribution is -0.120. The lowest BCUT2D eigenvalue weighted by Crippen LogP contribution is -2.45. The Morgan fingerprint density at radius 1 is 1.18 bits per heavy atom. The second kappa shape index (κ2) is 14.5. The van der Waals surface area contributed by atoms with Crippen molar-refractivity contribution in [2.24, 2.45) is 0 Å². The highest BCUT2D eigenvalue weighted by Crippen LogP contribution is 2.32. The number of nitrogen functional groups attached to an aromatic ring is 1. The van der Waals surface area contributed by atoms with Crippen molar-refractivity contribution < 1.29 is 14.3 Å². The molecule has 0 saturated carbocycles. The molecular weight excluding hydrogens is 526 g/mol. The van der Waals surface area contributed by atoms with Crippen molar-refractivity contribution in [2.75, 3.05) is 25.5 Å². The predicted octanol–water partition coefficient (Wildman–Crippen LogP) is 4.43. The minimum absolute atomic E-state index is 0.0895. The van der Waals surface area contributed by atoms with Gasteiger partial charge in [0.05, 0.1) is 23.2 Å². The van der Waals surface area contributed by atoms with Crippen molar-refractivity contribution in [1.29, 1.82) is 0 Å². The summed E-state index contributed by atoms with van der Waals surface area (Å²) in [5.74, 6) is 1.76. The summed E-state index contributed by atoms with van der Waals surface area (Å²) >= 11 is 5.25. The molecule has 0 fully saturated rings. The van der Waals surface area contributed by atoms with E-state index in [9.17, 15) is 4.79 Å². The number of fused-ring (bicyclic) bond motifs is 3. The second-order valence-corrected chi connectivity index (χ2v) is 11.4. The van der Waals surface area contributed by atoms with E-state index < -0.39 is 5.54 Å². The number of pyridine rings is 1. The van der Waals surface area contributed by atoms with Crippen LogP contribution in [-0.4, -0.2) is 56.9 Å². The number of rotatable bonds is 15. The van der Waals surface area contributed by atoms with E-state index in [1.165, 1.54) is 6.92 Å². The fourth-order valence-corrected chi connectivity index (χ4v) is 5.04. The zero-order valence-corrected chi connectivity index (χ0v) is 25.5. The van der Waals surface area contributed by atoms with E-state index >= 15 is 0 Å². The average Bonchev–Trinajstić information content (AvgIpc) is 3.21. The van der Waals surface area contributed by atoms with Crippen molar-refractivity contribution in [2.45, 2.75) is 92.0 Å². The Labute approximate surface area is 242 Å². The number of ether oxygens (including phenoxy) is 2. The number of unbranched alkanes of at least 4 members (excludes halogenated alkanes) is 3. The molecule has 0 aliphatic carbocycles. The first-order chi connectivity index (χ1) is 19.0. The summed E-state index contributed by atoms with van der Waals surface area (Å²) in [7, 11) is 0. The number of nitrogens with zero attached hydrogens (tertiary/aromatic N) is 3. The van der Waals surface area contributed by atoms with Crippen LogP contribution < -0.4 is 26.4 Å². The Balaban J connectivity index is 1.70. The van der Waals surface area contributed by atoms with Gasteiger partial charge in [0.2, 0.25) is 5.91 Å². The van der Waals surface area contributed by atoms with Gasteiger partial charge < -0.3 is 35.7 Å². The highest BCUT2D eigenvalue weighted by Gasteiger charge is 2.25. The van der Waals surface area contributed by atoms with Gasteiger partial charge in [-0.2, -0.15) is 0 Å². The summed E-state index contributed by atoms with van der Waals surface area (Å²) in [6.07, 6.45) is 4.22. The number of amides is 1. The lowest BCUT2D eigenvalue weighted by atomic mass is 10.1. The Morgan fingerprint density at radius 2 is 1.93 bits per heavy atom. The molecule has 3 rings (SSSR count). The number of hydrogen-bond donors (Lipinski definition) is 4. The van der Waals surface area contributed by atoms with Gasteiger partial charge in [-0.1, -0.05) is 12.8 Å². The van der Waals surface area contributed by atoms with Crippen LogP contribution in [0.15, 0.2) is 18.2 Å². The molecule has 1 aromatic carbocycles. The summed E-state index contributed by atoms with van der Waals surface area (Å²) < 4.78 is 13.8. The summed E-state index contributed by atoms with van der Waals surface area (Å²) in [5.41, 5.74) is 8.12. The third kappa shape index (κ3) is 8.92. The highest BCUT2D eigenvalue weighted by atomic mass is 32.1. The van der Waals surface area contributed by atoms with Gasteiger partial charge in [0.1, 0.15) is 23.7 Å². The first-order valence-electron chi connectivity index (χ1n) is 14.1. The summed E-state index contributed by atoms with van der Waals surface area (Å²) in [5, 5.41) is 11.1. The summed E-state index contributed by atoms with van der Waals surface area (Å²) in [6.45, 7) is 14.5. The predicted molar refractivity (Wildman–Crippen MR) is 166 cm³/mol. The van der Waals surface area contributed by atoms with Gasteiger partial charge >= 0.3 is 0 Å². The zero-order chi connectivity index (χ0) is 29.3. The van der Waals surface area contributed by atoms with Gasteiger partial charge in [-0.3, -0.25) is 4.79 Å². The van der Waals surface area contributed by atoms with E-state index in [1.54, 1.807) is 0 Å². The van der Waals surface area contributed by atoms with E-state index in [-0.39, 0.29) is 5.91 Å². The molecular formula is C29H45N7O3S. The number of aromatic nitrogens is 3. The SMILES string of the molecule is CCOCc1nc2c(N)nc3cc(OCCCCCCNC(=S)NC(C)C)ccc3c2n1CC(C)(C)NC(C)=O. The third-order valence-corrected chi connectivity index (χ3v) is 6.56. The number of anilines is 1. The van der Waals surface area contributed by atoms with Crippen LogP contribution in [-0.2, 0) is 22.7 Å². The number of nitrogens with two attached hydrogens (primary N) is 1. The number of hydrogen-bond acceptors (Lipinski definition) is 7. The molecule has 11 heteroatoms. The fourth-order valence-electron chi connectivity index (χ4n) is 4.70. The van der Waals surface area contributed by atoms with E-state index in [1.807, 2.05) is 39.0 Å². The van der Waals surface area contributed by atoms with Gasteiger partial charge in [0.15, 0.2) is 10.9 Å². The average molecular weight is 572 g/mol. The molecule has 2 heterocycles. The van der Waals surface area contributed by atoms with E-state index in [0.29, 0.717) is 48.9 Å². The molecule has 0 saturated heterocycles. The number of benzene rings is 1. The number of nitrogens with one attached hydrogen (secondary N) is 3. The number of carbonyl (C=O) groups is 1. The van der Waals surface area contributed by atoms with Crippen LogP contribution in [0.5, 0.6) is 5.75 Å². The Hall–Kier alpha value is -3.18. The molecule has 0 aliphatic rings. The lowest BCUT2D eigenvalue weighted by Gasteiger charge is -2.27. The van der Waals surface area contributed by atoms with Crippen LogP contribution in [0.25, 0.3) is 21.9 Å². The monoisotopic (exact) mass is 571 g/mol. The molecule has 0 spiro atoms. The minimum Gasteiger partial charge on any atom is -0.494 e. The Kier molecular flexibility index (Phi) is 11.3. The molecule has 10 nitrogen and oxygen atoms in total. The maximum atomic E-state index is 11.8. The van der Waals surface area contributed by atoms with Crippen molar-refractivity contribution in [3.63, 3.8) is 0 Å². The molecule has 1 amide bonds. The van der Waals surface area contributed by atoms with Gasteiger partial charge in [-0.25, -0.2) is 9.97 Å². The second-order valence-electron chi connectivity index (χ2n) is 11.0. The standard InChI is InChI=1S/C29H45N7O3S/c1-7-38-17-24-34-25-26(36(24)18-29(5,6)35-20(4)37)22-13-12-21(16-23(22)33-27(25)30)39-15-11-9-8-10-14-31-28(40)32-19(2)3/h12-13,16,19H,7-11,14-15,17-18H2,1-6H3,(H2,30,33)(H,35,37)(H2,31,32,40). The quantitative estimate of drug-likeness (QED) is 0.155. The first kappa shape index (κ1) is 31.3. The number of imidazole rings is 1. The van der Waals surface area contributed by atoms with Crippen molar-refractivity contribution in [3.05, 3.63) is 24.0 Å². The first-order valence-corrected chi connectivity index (χ1v) is 14.5. The molecule has 3 aromatic rings. The van der Waals surface area contributed by atoms with Gasteiger partial charge in [-0.15, -0.1) is 0 Å². The van der Waals surface area contributed by atoms with Crippen LogP contribution in [0, 0.1) is 0 Å². The van der Waals surface area contributed by atoms with E-state index in [2.05, 4.69) is 39.3 Å². The topological polar surface area (TPSA) is 128 Å². The molecule has 0 aliphatic heterocycles. The molecule has 0 unspecified atom stereocenters.